The van der Waals surface area contributed by atoms with E-state index in [9.17, 15) is 22.7 Å². The van der Waals surface area contributed by atoms with E-state index < -0.39 is 33.8 Å². The predicted octanol–water partition coefficient (Wildman–Crippen LogP) is 5.34. The number of sulfonamides is 1. The normalized spacial score (nSPS) is 16.4. The van der Waals surface area contributed by atoms with Gasteiger partial charge in [0.05, 0.1) is 22.5 Å². The number of fused-ring (bicyclic) bond motifs is 3. The average molecular weight is 440 g/mol. The number of carboxylic acids is 1. The molecule has 1 N–H and O–H groups in total. The van der Waals surface area contributed by atoms with Crippen LogP contribution in [0.2, 0.25) is 0 Å². The molecule has 1 aliphatic rings. The summed E-state index contributed by atoms with van der Waals surface area (Å²) in [5.74, 6) is -2.14. The van der Waals surface area contributed by atoms with E-state index in [1.807, 2.05) is 19.1 Å². The van der Waals surface area contributed by atoms with Crippen molar-refractivity contribution in [2.75, 3.05) is 4.31 Å². The molecule has 0 bridgehead atoms. The second-order valence-corrected chi connectivity index (χ2v) is 9.42. The number of benzene rings is 3. The van der Waals surface area contributed by atoms with Crippen molar-refractivity contribution >= 4 is 21.7 Å². The van der Waals surface area contributed by atoms with Crippen molar-refractivity contribution in [3.8, 4) is 11.1 Å². The SMILES string of the molecule is CCC1c2cc(F)ccc2-c2ccccc2N1S(=O)(=O)c1ccc(C(C)C(=O)O)cc1. The van der Waals surface area contributed by atoms with Crippen LogP contribution in [0, 0.1) is 5.82 Å². The molecule has 2 atom stereocenters. The summed E-state index contributed by atoms with van der Waals surface area (Å²) in [5.41, 5.74) is 3.23. The molecule has 7 heteroatoms. The van der Waals surface area contributed by atoms with E-state index in [1.165, 1.54) is 40.7 Å². The first kappa shape index (κ1) is 21.1. The molecule has 0 fully saturated rings. The maximum absolute atomic E-state index is 14.1. The zero-order valence-corrected chi connectivity index (χ0v) is 17.9. The third-order valence-electron chi connectivity index (χ3n) is 5.78. The molecule has 31 heavy (non-hydrogen) atoms. The van der Waals surface area contributed by atoms with Gasteiger partial charge in [-0.05, 0) is 60.4 Å². The molecule has 1 heterocycles. The van der Waals surface area contributed by atoms with Crippen LogP contribution in [0.5, 0.6) is 0 Å². The summed E-state index contributed by atoms with van der Waals surface area (Å²) < 4.78 is 42.9. The van der Waals surface area contributed by atoms with Gasteiger partial charge in [-0.3, -0.25) is 9.10 Å². The van der Waals surface area contributed by atoms with Crippen LogP contribution >= 0.6 is 0 Å². The first-order valence-electron chi connectivity index (χ1n) is 10.0. The van der Waals surface area contributed by atoms with Crippen molar-refractivity contribution in [1.29, 1.82) is 0 Å². The highest BCUT2D eigenvalue weighted by atomic mass is 32.2. The zero-order valence-electron chi connectivity index (χ0n) is 17.1. The largest absolute Gasteiger partial charge is 0.481 e. The standard InChI is InChI=1S/C24H22FNO4S/c1-3-22-21-14-17(25)10-13-19(21)20-6-4-5-7-23(20)26(22)31(29,30)18-11-8-16(9-12-18)15(2)24(27)28/h4-15,22H,3H2,1-2H3,(H,27,28). The van der Waals surface area contributed by atoms with Crippen LogP contribution in [0.3, 0.4) is 0 Å². The average Bonchev–Trinajstić information content (AvgIpc) is 2.77. The fourth-order valence-electron chi connectivity index (χ4n) is 4.11. The van der Waals surface area contributed by atoms with Crippen LogP contribution in [0.25, 0.3) is 11.1 Å². The Labute approximate surface area is 180 Å². The summed E-state index contributed by atoms with van der Waals surface area (Å²) in [7, 11) is -3.99. The van der Waals surface area contributed by atoms with Crippen molar-refractivity contribution in [1.82, 2.24) is 0 Å². The second kappa shape index (κ2) is 7.81. The smallest absolute Gasteiger partial charge is 0.310 e. The topological polar surface area (TPSA) is 74.7 Å². The molecule has 5 nitrogen and oxygen atoms in total. The Bertz CT molecular complexity index is 1250. The summed E-state index contributed by atoms with van der Waals surface area (Å²) in [6, 6.07) is 17.0. The number of anilines is 1. The summed E-state index contributed by atoms with van der Waals surface area (Å²) in [6.07, 6.45) is 0.456. The fourth-order valence-corrected chi connectivity index (χ4v) is 5.83. The van der Waals surface area contributed by atoms with Crippen molar-refractivity contribution in [2.45, 2.75) is 37.1 Å². The van der Waals surface area contributed by atoms with Gasteiger partial charge in [-0.25, -0.2) is 12.8 Å². The fraction of sp³-hybridized carbons (Fsp3) is 0.208. The van der Waals surface area contributed by atoms with Crippen LogP contribution < -0.4 is 4.31 Å². The van der Waals surface area contributed by atoms with Crippen molar-refractivity contribution < 1.29 is 22.7 Å². The lowest BCUT2D eigenvalue weighted by Crippen LogP contribution is -2.37. The molecule has 0 aliphatic carbocycles. The van der Waals surface area contributed by atoms with Crippen LogP contribution in [0.15, 0.2) is 71.6 Å². The summed E-state index contributed by atoms with van der Waals surface area (Å²) in [6.45, 7) is 3.42. The maximum Gasteiger partial charge on any atom is 0.310 e. The Balaban J connectivity index is 1.87. The van der Waals surface area contributed by atoms with Gasteiger partial charge >= 0.3 is 5.97 Å². The number of hydrogen-bond acceptors (Lipinski definition) is 3. The number of carboxylic acid groups (broad SMARTS) is 1. The van der Waals surface area contributed by atoms with Crippen LogP contribution in [0.1, 0.15) is 43.4 Å². The third-order valence-corrected chi connectivity index (χ3v) is 7.62. The van der Waals surface area contributed by atoms with Gasteiger partial charge in [-0.15, -0.1) is 0 Å². The van der Waals surface area contributed by atoms with Crippen LogP contribution in [-0.4, -0.2) is 19.5 Å². The number of aliphatic carboxylic acids is 1. The minimum atomic E-state index is -3.99. The molecule has 3 aromatic rings. The first-order chi connectivity index (χ1) is 14.8. The molecule has 1 aliphatic heterocycles. The predicted molar refractivity (Wildman–Crippen MR) is 117 cm³/mol. The quantitative estimate of drug-likeness (QED) is 0.582. The molecule has 0 aromatic heterocycles. The number of carbonyl (C=O) groups is 1. The molecule has 2 unspecified atom stereocenters. The van der Waals surface area contributed by atoms with Crippen LogP contribution in [0.4, 0.5) is 10.1 Å². The maximum atomic E-state index is 14.1. The van der Waals surface area contributed by atoms with Gasteiger partial charge in [0.1, 0.15) is 5.82 Å². The van der Waals surface area contributed by atoms with E-state index >= 15 is 0 Å². The van der Waals surface area contributed by atoms with E-state index in [0.717, 1.165) is 11.1 Å². The minimum absolute atomic E-state index is 0.0574. The van der Waals surface area contributed by atoms with Crippen molar-refractivity contribution in [3.63, 3.8) is 0 Å². The number of halogens is 1. The third kappa shape index (κ3) is 3.49. The van der Waals surface area contributed by atoms with Gasteiger partial charge < -0.3 is 5.11 Å². The minimum Gasteiger partial charge on any atom is -0.481 e. The Kier molecular flexibility index (Phi) is 5.31. The van der Waals surface area contributed by atoms with E-state index in [4.69, 9.17) is 0 Å². The van der Waals surface area contributed by atoms with E-state index in [2.05, 4.69) is 0 Å². The molecule has 160 valence electrons. The zero-order chi connectivity index (χ0) is 22.3. The highest BCUT2D eigenvalue weighted by Gasteiger charge is 2.38. The first-order valence-corrected chi connectivity index (χ1v) is 11.5. The lowest BCUT2D eigenvalue weighted by Gasteiger charge is -2.39. The lowest BCUT2D eigenvalue weighted by molar-refractivity contribution is -0.138. The number of hydrogen-bond donors (Lipinski definition) is 1. The molecule has 0 saturated carbocycles. The van der Waals surface area contributed by atoms with Gasteiger partial charge in [0.2, 0.25) is 0 Å². The number of nitrogens with zero attached hydrogens (tertiary/aromatic N) is 1. The Morgan fingerprint density at radius 3 is 2.39 bits per heavy atom. The van der Waals surface area contributed by atoms with Crippen LogP contribution in [-0.2, 0) is 14.8 Å². The van der Waals surface area contributed by atoms with E-state index in [0.29, 0.717) is 23.2 Å². The molecule has 4 rings (SSSR count). The Hall–Kier alpha value is -3.19. The summed E-state index contributed by atoms with van der Waals surface area (Å²) >= 11 is 0. The molecule has 0 spiro atoms. The molecular weight excluding hydrogens is 417 g/mol. The van der Waals surface area contributed by atoms with E-state index in [1.54, 1.807) is 25.1 Å². The van der Waals surface area contributed by atoms with E-state index in [-0.39, 0.29) is 4.90 Å². The highest BCUT2D eigenvalue weighted by Crippen LogP contribution is 2.48. The molecule has 3 aromatic carbocycles. The molecular formula is C24H22FNO4S. The molecule has 0 saturated heterocycles. The number of rotatable bonds is 5. The summed E-state index contributed by atoms with van der Waals surface area (Å²) in [5, 5.41) is 9.20. The highest BCUT2D eigenvalue weighted by molar-refractivity contribution is 7.92. The Morgan fingerprint density at radius 2 is 1.74 bits per heavy atom. The van der Waals surface area contributed by atoms with Gasteiger partial charge in [0.25, 0.3) is 10.0 Å². The lowest BCUT2D eigenvalue weighted by atomic mass is 9.88. The Morgan fingerprint density at radius 1 is 1.06 bits per heavy atom. The monoisotopic (exact) mass is 439 g/mol. The van der Waals surface area contributed by atoms with Gasteiger partial charge in [0, 0.05) is 5.56 Å². The van der Waals surface area contributed by atoms with Crippen molar-refractivity contribution in [3.05, 3.63) is 83.7 Å². The van der Waals surface area contributed by atoms with Gasteiger partial charge in [-0.1, -0.05) is 43.3 Å². The van der Waals surface area contributed by atoms with Gasteiger partial charge in [-0.2, -0.15) is 0 Å². The molecule has 0 radical (unpaired) electrons. The van der Waals surface area contributed by atoms with Gasteiger partial charge in [0.15, 0.2) is 0 Å². The molecule has 0 amide bonds. The number of para-hydroxylation sites is 1. The second-order valence-electron chi connectivity index (χ2n) is 7.60. The summed E-state index contributed by atoms with van der Waals surface area (Å²) in [4.78, 5) is 11.3. The van der Waals surface area contributed by atoms with Crippen molar-refractivity contribution in [2.24, 2.45) is 0 Å².